The van der Waals surface area contributed by atoms with Gasteiger partial charge in [-0.3, -0.25) is 4.79 Å². The Morgan fingerprint density at radius 3 is 2.47 bits per heavy atom. The van der Waals surface area contributed by atoms with Crippen LogP contribution >= 0.6 is 27.3 Å². The molecule has 1 heterocycles. The molecule has 0 aliphatic rings. The van der Waals surface area contributed by atoms with Crippen LogP contribution in [0.25, 0.3) is 0 Å². The molecule has 0 atom stereocenters. The second kappa shape index (κ2) is 4.93. The topological polar surface area (TPSA) is 29.1 Å². The first kappa shape index (κ1) is 12.2. The van der Waals surface area contributed by atoms with Crippen molar-refractivity contribution in [3.63, 3.8) is 0 Å². The number of benzene rings is 1. The Balaban J connectivity index is 2.24. The number of carbonyl (C=O) groups excluding carboxylic acids is 1. The molecule has 1 N–H and O–H groups in total. The van der Waals surface area contributed by atoms with Crippen LogP contribution in [0.1, 0.15) is 10.4 Å². The lowest BCUT2D eigenvalue weighted by atomic mass is 10.2. The van der Waals surface area contributed by atoms with Gasteiger partial charge >= 0.3 is 0 Å². The van der Waals surface area contributed by atoms with Gasteiger partial charge in [0.15, 0.2) is 0 Å². The summed E-state index contributed by atoms with van der Waals surface area (Å²) in [5, 5.41) is 3.80. The fourth-order valence-electron chi connectivity index (χ4n) is 1.23. The predicted molar refractivity (Wildman–Crippen MR) is 66.3 cm³/mol. The first-order valence-electron chi connectivity index (χ1n) is 4.57. The standard InChI is InChI=1S/C11H6BrF2NOS/c12-9-4-6(5-17-9)11(16)15-10-7(13)2-1-3-8(10)14/h1-5H,(H,15,16). The molecule has 0 bridgehead atoms. The van der Waals surface area contributed by atoms with E-state index in [1.165, 1.54) is 17.4 Å². The average molecular weight is 318 g/mol. The molecule has 2 nitrogen and oxygen atoms in total. The summed E-state index contributed by atoms with van der Waals surface area (Å²) in [6.07, 6.45) is 0. The van der Waals surface area contributed by atoms with Gasteiger partial charge in [-0.1, -0.05) is 6.07 Å². The predicted octanol–water partition coefficient (Wildman–Crippen LogP) is 4.04. The monoisotopic (exact) mass is 317 g/mol. The van der Waals surface area contributed by atoms with Gasteiger partial charge in [0, 0.05) is 5.38 Å². The molecular weight excluding hydrogens is 312 g/mol. The van der Waals surface area contributed by atoms with E-state index in [9.17, 15) is 13.6 Å². The van der Waals surface area contributed by atoms with Crippen LogP contribution in [0.4, 0.5) is 14.5 Å². The Morgan fingerprint density at radius 2 is 1.94 bits per heavy atom. The van der Waals surface area contributed by atoms with Gasteiger partial charge in [-0.15, -0.1) is 11.3 Å². The van der Waals surface area contributed by atoms with Gasteiger partial charge in [0.2, 0.25) is 0 Å². The minimum Gasteiger partial charge on any atom is -0.317 e. The largest absolute Gasteiger partial charge is 0.317 e. The van der Waals surface area contributed by atoms with Crippen LogP contribution in [0.3, 0.4) is 0 Å². The third-order valence-electron chi connectivity index (χ3n) is 2.03. The molecule has 0 aliphatic carbocycles. The van der Waals surface area contributed by atoms with Crippen molar-refractivity contribution in [3.8, 4) is 0 Å². The van der Waals surface area contributed by atoms with Gasteiger partial charge in [-0.25, -0.2) is 8.78 Å². The highest BCUT2D eigenvalue weighted by molar-refractivity contribution is 9.11. The molecule has 0 radical (unpaired) electrons. The van der Waals surface area contributed by atoms with Gasteiger partial charge in [-0.05, 0) is 34.1 Å². The number of nitrogens with one attached hydrogen (secondary N) is 1. The SMILES string of the molecule is O=C(Nc1c(F)cccc1F)c1csc(Br)c1. The van der Waals surface area contributed by atoms with E-state index in [0.29, 0.717) is 5.56 Å². The number of hydrogen-bond donors (Lipinski definition) is 1. The van der Waals surface area contributed by atoms with Crippen molar-refractivity contribution in [1.29, 1.82) is 0 Å². The van der Waals surface area contributed by atoms with E-state index in [0.717, 1.165) is 15.9 Å². The van der Waals surface area contributed by atoms with E-state index in [-0.39, 0.29) is 0 Å². The van der Waals surface area contributed by atoms with Crippen molar-refractivity contribution in [2.24, 2.45) is 0 Å². The number of hydrogen-bond acceptors (Lipinski definition) is 2. The number of anilines is 1. The molecule has 2 rings (SSSR count). The van der Waals surface area contributed by atoms with Crippen molar-refractivity contribution in [2.75, 3.05) is 5.32 Å². The van der Waals surface area contributed by atoms with E-state index in [4.69, 9.17) is 0 Å². The Bertz CT molecular complexity index is 550. The molecule has 1 amide bonds. The second-order valence-corrected chi connectivity index (χ2v) is 5.48. The van der Waals surface area contributed by atoms with E-state index >= 15 is 0 Å². The molecule has 0 saturated heterocycles. The van der Waals surface area contributed by atoms with Crippen LogP contribution in [0.5, 0.6) is 0 Å². The first-order valence-corrected chi connectivity index (χ1v) is 6.24. The third-order valence-corrected chi connectivity index (χ3v) is 3.54. The maximum absolute atomic E-state index is 13.3. The molecule has 1 aromatic heterocycles. The summed E-state index contributed by atoms with van der Waals surface area (Å²) < 4.78 is 27.3. The lowest BCUT2D eigenvalue weighted by Gasteiger charge is -2.05. The highest BCUT2D eigenvalue weighted by atomic mass is 79.9. The molecule has 0 saturated carbocycles. The fraction of sp³-hybridized carbons (Fsp3) is 0. The molecular formula is C11H6BrF2NOS. The molecule has 2 aromatic rings. The van der Waals surface area contributed by atoms with Gasteiger partial charge in [0.1, 0.15) is 17.3 Å². The Hall–Kier alpha value is -1.27. The zero-order valence-corrected chi connectivity index (χ0v) is 10.7. The van der Waals surface area contributed by atoms with Gasteiger partial charge in [-0.2, -0.15) is 0 Å². The molecule has 0 unspecified atom stereocenters. The molecule has 0 aliphatic heterocycles. The zero-order valence-electron chi connectivity index (χ0n) is 8.34. The van der Waals surface area contributed by atoms with Crippen molar-refractivity contribution >= 4 is 38.9 Å². The summed E-state index contributed by atoms with van der Waals surface area (Å²) in [4.78, 5) is 11.7. The summed E-state index contributed by atoms with van der Waals surface area (Å²) in [7, 11) is 0. The minimum atomic E-state index is -0.798. The number of thiophene rings is 1. The molecule has 17 heavy (non-hydrogen) atoms. The third kappa shape index (κ3) is 2.70. The Morgan fingerprint density at radius 1 is 1.29 bits per heavy atom. The lowest BCUT2D eigenvalue weighted by Crippen LogP contribution is -2.13. The molecule has 0 fully saturated rings. The van der Waals surface area contributed by atoms with E-state index in [1.54, 1.807) is 11.4 Å². The smallest absolute Gasteiger partial charge is 0.256 e. The van der Waals surface area contributed by atoms with E-state index in [1.807, 2.05) is 0 Å². The van der Waals surface area contributed by atoms with Crippen LogP contribution < -0.4 is 5.32 Å². The van der Waals surface area contributed by atoms with E-state index in [2.05, 4.69) is 21.2 Å². The van der Waals surface area contributed by atoms with Crippen LogP contribution in [0.2, 0.25) is 0 Å². The Kier molecular flexibility index (Phi) is 3.54. The molecule has 0 spiro atoms. The minimum absolute atomic E-state index is 0.351. The van der Waals surface area contributed by atoms with Crippen molar-refractivity contribution in [3.05, 3.63) is 50.6 Å². The van der Waals surface area contributed by atoms with Crippen LogP contribution in [0.15, 0.2) is 33.4 Å². The molecule has 6 heteroatoms. The fourth-order valence-corrected chi connectivity index (χ4v) is 2.37. The average Bonchev–Trinajstić information content (AvgIpc) is 2.70. The quantitative estimate of drug-likeness (QED) is 0.889. The van der Waals surface area contributed by atoms with Crippen molar-refractivity contribution in [2.45, 2.75) is 0 Å². The number of halogens is 3. The van der Waals surface area contributed by atoms with Crippen LogP contribution in [-0.4, -0.2) is 5.91 Å². The number of carbonyl (C=O) groups is 1. The highest BCUT2D eigenvalue weighted by Crippen LogP contribution is 2.23. The van der Waals surface area contributed by atoms with Gasteiger partial charge in [0.25, 0.3) is 5.91 Å². The maximum atomic E-state index is 13.3. The zero-order chi connectivity index (χ0) is 12.4. The van der Waals surface area contributed by atoms with Crippen molar-refractivity contribution < 1.29 is 13.6 Å². The summed E-state index contributed by atoms with van der Waals surface area (Å²) in [5.74, 6) is -2.14. The van der Waals surface area contributed by atoms with E-state index < -0.39 is 23.2 Å². The first-order chi connectivity index (χ1) is 8.08. The summed E-state index contributed by atoms with van der Waals surface area (Å²) >= 11 is 4.53. The molecule has 88 valence electrons. The highest BCUT2D eigenvalue weighted by Gasteiger charge is 2.14. The van der Waals surface area contributed by atoms with Gasteiger partial charge in [0.05, 0.1) is 9.35 Å². The Labute approximate surface area is 108 Å². The van der Waals surface area contributed by atoms with Crippen LogP contribution in [0, 0.1) is 11.6 Å². The number of amides is 1. The number of rotatable bonds is 2. The van der Waals surface area contributed by atoms with Gasteiger partial charge < -0.3 is 5.32 Å². The lowest BCUT2D eigenvalue weighted by molar-refractivity contribution is 0.102. The molecule has 1 aromatic carbocycles. The normalized spacial score (nSPS) is 10.3. The van der Waals surface area contributed by atoms with Crippen molar-refractivity contribution in [1.82, 2.24) is 0 Å². The summed E-state index contributed by atoms with van der Waals surface area (Å²) in [5.41, 5.74) is -0.0793. The summed E-state index contributed by atoms with van der Waals surface area (Å²) in [6.45, 7) is 0. The second-order valence-electron chi connectivity index (χ2n) is 3.19. The maximum Gasteiger partial charge on any atom is 0.256 e. The summed E-state index contributed by atoms with van der Waals surface area (Å²) in [6, 6.07) is 4.99. The number of para-hydroxylation sites is 1. The van der Waals surface area contributed by atoms with Crippen LogP contribution in [-0.2, 0) is 0 Å².